The van der Waals surface area contributed by atoms with E-state index in [2.05, 4.69) is 34.1 Å². The minimum Gasteiger partial charge on any atom is -0.481 e. The molecule has 0 saturated carbocycles. The van der Waals surface area contributed by atoms with Gasteiger partial charge in [-0.3, -0.25) is 0 Å². The van der Waals surface area contributed by atoms with Gasteiger partial charge in [-0.15, -0.1) is 0 Å². The maximum Gasteiger partial charge on any atom is 0.214 e. The van der Waals surface area contributed by atoms with Crippen LogP contribution in [0, 0.1) is 0 Å². The summed E-state index contributed by atoms with van der Waals surface area (Å²) >= 11 is 1.70. The van der Waals surface area contributed by atoms with Gasteiger partial charge in [-0.05, 0) is 35.4 Å². The van der Waals surface area contributed by atoms with E-state index in [9.17, 15) is 0 Å². The number of ether oxygens (including phenoxy) is 1. The van der Waals surface area contributed by atoms with Crippen LogP contribution >= 0.6 is 11.3 Å². The Kier molecular flexibility index (Phi) is 3.41. The Morgan fingerprint density at radius 2 is 2.25 bits per heavy atom. The van der Waals surface area contributed by atoms with Gasteiger partial charge in [0.1, 0.15) is 5.82 Å². The van der Waals surface area contributed by atoms with Crippen molar-refractivity contribution in [3.05, 3.63) is 40.6 Å². The van der Waals surface area contributed by atoms with Crippen molar-refractivity contribution in [1.82, 2.24) is 4.98 Å². The molecule has 0 aliphatic carbocycles. The van der Waals surface area contributed by atoms with Crippen LogP contribution in [0.1, 0.15) is 18.5 Å². The molecule has 1 atom stereocenters. The van der Waals surface area contributed by atoms with Crippen LogP contribution in [0.2, 0.25) is 0 Å². The summed E-state index contributed by atoms with van der Waals surface area (Å²) in [6.45, 7) is 2.11. The quantitative estimate of drug-likeness (QED) is 0.881. The zero-order valence-corrected chi connectivity index (χ0v) is 10.1. The molecule has 2 heterocycles. The van der Waals surface area contributed by atoms with Gasteiger partial charge in [-0.2, -0.15) is 16.3 Å². The predicted molar refractivity (Wildman–Crippen MR) is 67.1 cm³/mol. The topological polar surface area (TPSA) is 34.1 Å². The fraction of sp³-hybridized carbons (Fsp3) is 0.250. The highest BCUT2D eigenvalue weighted by Gasteiger charge is 2.06. The highest BCUT2D eigenvalue weighted by Crippen LogP contribution is 2.21. The van der Waals surface area contributed by atoms with Crippen LogP contribution < -0.4 is 10.1 Å². The smallest absolute Gasteiger partial charge is 0.214 e. The van der Waals surface area contributed by atoms with E-state index < -0.39 is 0 Å². The van der Waals surface area contributed by atoms with Gasteiger partial charge in [0.15, 0.2) is 0 Å². The first-order valence-electron chi connectivity index (χ1n) is 5.09. The molecule has 0 aliphatic rings. The van der Waals surface area contributed by atoms with Crippen LogP contribution in [-0.2, 0) is 0 Å². The van der Waals surface area contributed by atoms with Crippen LogP contribution in [0.5, 0.6) is 5.88 Å². The number of methoxy groups -OCH3 is 1. The molecule has 0 bridgehead atoms. The zero-order valence-electron chi connectivity index (χ0n) is 9.31. The van der Waals surface area contributed by atoms with Crippen LogP contribution in [-0.4, -0.2) is 12.1 Å². The minimum absolute atomic E-state index is 0.255. The summed E-state index contributed by atoms with van der Waals surface area (Å²) in [5, 5.41) is 7.55. The average molecular weight is 234 g/mol. The Morgan fingerprint density at radius 3 is 2.94 bits per heavy atom. The lowest BCUT2D eigenvalue weighted by Gasteiger charge is -2.13. The average Bonchev–Trinajstić information content (AvgIpc) is 2.83. The summed E-state index contributed by atoms with van der Waals surface area (Å²) in [6.07, 6.45) is 0. The highest BCUT2D eigenvalue weighted by atomic mass is 32.1. The van der Waals surface area contributed by atoms with E-state index >= 15 is 0 Å². The van der Waals surface area contributed by atoms with E-state index in [1.54, 1.807) is 18.4 Å². The van der Waals surface area contributed by atoms with Gasteiger partial charge in [0.05, 0.1) is 13.2 Å². The zero-order chi connectivity index (χ0) is 11.4. The van der Waals surface area contributed by atoms with Crippen molar-refractivity contribution in [2.75, 3.05) is 12.4 Å². The number of aromatic nitrogens is 1. The van der Waals surface area contributed by atoms with Crippen molar-refractivity contribution in [3.63, 3.8) is 0 Å². The van der Waals surface area contributed by atoms with E-state index in [1.807, 2.05) is 18.2 Å². The molecule has 2 aromatic heterocycles. The molecule has 0 fully saturated rings. The van der Waals surface area contributed by atoms with E-state index in [4.69, 9.17) is 4.74 Å². The Bertz CT molecular complexity index is 442. The van der Waals surface area contributed by atoms with E-state index in [1.165, 1.54) is 5.56 Å². The lowest BCUT2D eigenvalue weighted by molar-refractivity contribution is 0.398. The lowest BCUT2D eigenvalue weighted by atomic mass is 10.2. The molecule has 4 heteroatoms. The van der Waals surface area contributed by atoms with Crippen LogP contribution in [0.25, 0.3) is 0 Å². The minimum atomic E-state index is 0.255. The third-order valence-electron chi connectivity index (χ3n) is 2.34. The van der Waals surface area contributed by atoms with E-state index in [0.717, 1.165) is 5.82 Å². The maximum absolute atomic E-state index is 5.08. The monoisotopic (exact) mass is 234 g/mol. The second-order valence-corrected chi connectivity index (χ2v) is 4.27. The van der Waals surface area contributed by atoms with Crippen LogP contribution in [0.4, 0.5) is 5.82 Å². The summed E-state index contributed by atoms with van der Waals surface area (Å²) in [5.74, 6) is 1.46. The molecule has 84 valence electrons. The SMILES string of the molecule is COc1cccc(NC(C)c2ccsc2)n1. The van der Waals surface area contributed by atoms with E-state index in [-0.39, 0.29) is 6.04 Å². The molecule has 0 aromatic carbocycles. The van der Waals surface area contributed by atoms with Crippen molar-refractivity contribution in [3.8, 4) is 5.88 Å². The van der Waals surface area contributed by atoms with Gasteiger partial charge >= 0.3 is 0 Å². The fourth-order valence-electron chi connectivity index (χ4n) is 1.44. The molecular weight excluding hydrogens is 220 g/mol. The van der Waals surface area contributed by atoms with Crippen molar-refractivity contribution >= 4 is 17.2 Å². The largest absolute Gasteiger partial charge is 0.481 e. The van der Waals surface area contributed by atoms with Gasteiger partial charge < -0.3 is 10.1 Å². The number of hydrogen-bond donors (Lipinski definition) is 1. The van der Waals surface area contributed by atoms with Gasteiger partial charge in [0.2, 0.25) is 5.88 Å². The van der Waals surface area contributed by atoms with Crippen LogP contribution in [0.15, 0.2) is 35.0 Å². The molecular formula is C12H14N2OS. The number of hydrogen-bond acceptors (Lipinski definition) is 4. The Morgan fingerprint density at radius 1 is 1.38 bits per heavy atom. The number of thiophene rings is 1. The molecule has 0 amide bonds. The third-order valence-corrected chi connectivity index (χ3v) is 3.04. The molecule has 0 radical (unpaired) electrons. The summed E-state index contributed by atoms with van der Waals surface area (Å²) in [7, 11) is 1.62. The van der Waals surface area contributed by atoms with Gasteiger partial charge in [0.25, 0.3) is 0 Å². The second kappa shape index (κ2) is 4.99. The Labute approximate surface area is 99.1 Å². The summed E-state index contributed by atoms with van der Waals surface area (Å²) in [5.41, 5.74) is 1.27. The first-order valence-corrected chi connectivity index (χ1v) is 6.03. The summed E-state index contributed by atoms with van der Waals surface area (Å²) < 4.78 is 5.08. The van der Waals surface area contributed by atoms with Crippen molar-refractivity contribution < 1.29 is 4.74 Å². The van der Waals surface area contributed by atoms with Gasteiger partial charge in [0, 0.05) is 6.07 Å². The molecule has 16 heavy (non-hydrogen) atoms. The summed E-state index contributed by atoms with van der Waals surface area (Å²) in [6, 6.07) is 8.06. The fourth-order valence-corrected chi connectivity index (χ4v) is 2.19. The lowest BCUT2D eigenvalue weighted by Crippen LogP contribution is -2.07. The van der Waals surface area contributed by atoms with Crippen LogP contribution in [0.3, 0.4) is 0 Å². The highest BCUT2D eigenvalue weighted by molar-refractivity contribution is 7.07. The van der Waals surface area contributed by atoms with Gasteiger partial charge in [-0.1, -0.05) is 6.07 Å². The number of nitrogens with one attached hydrogen (secondary N) is 1. The Balaban J connectivity index is 2.08. The standard InChI is InChI=1S/C12H14N2OS/c1-9(10-6-7-16-8-10)13-11-4-3-5-12(14-11)15-2/h3-9H,1-2H3,(H,13,14). The van der Waals surface area contributed by atoms with Crippen molar-refractivity contribution in [2.45, 2.75) is 13.0 Å². The molecule has 3 nitrogen and oxygen atoms in total. The first-order chi connectivity index (χ1) is 7.79. The number of pyridine rings is 1. The number of nitrogens with zero attached hydrogens (tertiary/aromatic N) is 1. The molecule has 2 aromatic rings. The third kappa shape index (κ3) is 2.52. The molecule has 0 saturated heterocycles. The molecule has 0 spiro atoms. The number of anilines is 1. The number of rotatable bonds is 4. The Hall–Kier alpha value is -1.55. The second-order valence-electron chi connectivity index (χ2n) is 3.49. The van der Waals surface area contributed by atoms with E-state index in [0.29, 0.717) is 5.88 Å². The molecule has 1 N–H and O–H groups in total. The molecule has 0 aliphatic heterocycles. The maximum atomic E-state index is 5.08. The molecule has 1 unspecified atom stereocenters. The molecule has 2 rings (SSSR count). The van der Waals surface area contributed by atoms with Crippen molar-refractivity contribution in [1.29, 1.82) is 0 Å². The first kappa shape index (κ1) is 11.0. The van der Waals surface area contributed by atoms with Crippen molar-refractivity contribution in [2.24, 2.45) is 0 Å². The summed E-state index contributed by atoms with van der Waals surface area (Å²) in [4.78, 5) is 4.31. The normalized spacial score (nSPS) is 12.1. The van der Waals surface area contributed by atoms with Gasteiger partial charge in [-0.25, -0.2) is 0 Å². The predicted octanol–water partition coefficient (Wildman–Crippen LogP) is 3.32.